The molecule has 1 aliphatic carbocycles. The molecule has 0 aliphatic heterocycles. The summed E-state index contributed by atoms with van der Waals surface area (Å²) >= 11 is 3.44. The Morgan fingerprint density at radius 2 is 1.86 bits per heavy atom. The van der Waals surface area contributed by atoms with E-state index < -0.39 is 29.7 Å². The first-order chi connectivity index (χ1) is 13.1. The molecule has 28 heavy (non-hydrogen) atoms. The van der Waals surface area contributed by atoms with E-state index in [1.807, 2.05) is 0 Å². The van der Waals surface area contributed by atoms with E-state index in [2.05, 4.69) is 21.2 Å². The Hall–Kier alpha value is -1.93. The van der Waals surface area contributed by atoms with Crippen molar-refractivity contribution in [1.82, 2.24) is 10.2 Å². The highest BCUT2D eigenvalue weighted by Gasteiger charge is 2.37. The van der Waals surface area contributed by atoms with Gasteiger partial charge in [-0.15, -0.1) is 0 Å². The van der Waals surface area contributed by atoms with Gasteiger partial charge in [-0.05, 0) is 45.7 Å². The fourth-order valence-electron chi connectivity index (χ4n) is 3.14. The average Bonchev–Trinajstić information content (AvgIpc) is 2.61. The summed E-state index contributed by atoms with van der Waals surface area (Å²) < 4.78 is 5.09. The van der Waals surface area contributed by atoms with Crippen LogP contribution in [0.2, 0.25) is 0 Å². The van der Waals surface area contributed by atoms with Crippen LogP contribution in [0.1, 0.15) is 50.4 Å². The lowest BCUT2D eigenvalue weighted by atomic mass is 9.90. The highest BCUT2D eigenvalue weighted by molar-refractivity contribution is 9.09. The smallest absolute Gasteiger partial charge is 0.414 e. The Balaban J connectivity index is 2.17. The van der Waals surface area contributed by atoms with Crippen molar-refractivity contribution in [3.63, 3.8) is 0 Å². The molecule has 2 rings (SSSR count). The number of imide groups is 1. The molecule has 2 N–H and O–H groups in total. The number of nitrogens with zero attached hydrogens (tertiary/aromatic N) is 1. The minimum absolute atomic E-state index is 0.161. The number of amides is 3. The van der Waals surface area contributed by atoms with Crippen LogP contribution in [0.25, 0.3) is 0 Å². The summed E-state index contributed by atoms with van der Waals surface area (Å²) in [5.74, 6) is -1.03. The normalized spacial score (nSPS) is 22.2. The first-order valence-corrected chi connectivity index (χ1v) is 10.2. The third kappa shape index (κ3) is 6.31. The summed E-state index contributed by atoms with van der Waals surface area (Å²) in [4.78, 5) is 38.5. The van der Waals surface area contributed by atoms with E-state index in [9.17, 15) is 19.5 Å². The summed E-state index contributed by atoms with van der Waals surface area (Å²) in [7, 11) is 0. The second kappa shape index (κ2) is 9.52. The van der Waals surface area contributed by atoms with E-state index in [0.717, 1.165) is 12.8 Å². The second-order valence-corrected chi connectivity index (χ2v) is 9.03. The Kier molecular flexibility index (Phi) is 7.60. The maximum atomic E-state index is 13.0. The largest absolute Gasteiger partial charge is 0.444 e. The molecule has 1 fully saturated rings. The van der Waals surface area contributed by atoms with E-state index in [-0.39, 0.29) is 17.3 Å². The molecule has 0 radical (unpaired) electrons. The van der Waals surface area contributed by atoms with Crippen molar-refractivity contribution in [3.05, 3.63) is 35.9 Å². The fourth-order valence-corrected chi connectivity index (χ4v) is 3.82. The van der Waals surface area contributed by atoms with Crippen molar-refractivity contribution in [3.8, 4) is 0 Å². The monoisotopic (exact) mass is 454 g/mol. The van der Waals surface area contributed by atoms with E-state index >= 15 is 0 Å². The number of alkyl halides is 1. The molecule has 1 aromatic rings. The van der Waals surface area contributed by atoms with Gasteiger partial charge in [-0.3, -0.25) is 14.9 Å². The zero-order valence-corrected chi connectivity index (χ0v) is 17.9. The molecule has 1 aliphatic rings. The van der Waals surface area contributed by atoms with Crippen LogP contribution in [0.15, 0.2) is 30.3 Å². The minimum atomic E-state index is -0.868. The number of hydrogen-bond acceptors (Lipinski definition) is 5. The summed E-state index contributed by atoms with van der Waals surface area (Å²) in [6.45, 7) is 4.72. The molecule has 154 valence electrons. The molecule has 0 unspecified atom stereocenters. The third-order valence-electron chi connectivity index (χ3n) is 4.38. The van der Waals surface area contributed by atoms with E-state index in [0.29, 0.717) is 12.0 Å². The maximum Gasteiger partial charge on any atom is 0.414 e. The Morgan fingerprint density at radius 3 is 2.46 bits per heavy atom. The lowest BCUT2D eigenvalue weighted by molar-refractivity contribution is -0.122. The molecule has 3 atom stereocenters. The van der Waals surface area contributed by atoms with Gasteiger partial charge in [0.25, 0.3) is 5.91 Å². The van der Waals surface area contributed by atoms with E-state index in [1.54, 1.807) is 51.1 Å². The molecule has 0 heterocycles. The van der Waals surface area contributed by atoms with E-state index in [1.165, 1.54) is 4.90 Å². The van der Waals surface area contributed by atoms with Gasteiger partial charge in [0, 0.05) is 10.4 Å². The molecule has 0 aromatic heterocycles. The van der Waals surface area contributed by atoms with Gasteiger partial charge in [-0.25, -0.2) is 4.79 Å². The van der Waals surface area contributed by atoms with E-state index in [4.69, 9.17) is 4.74 Å². The van der Waals surface area contributed by atoms with Gasteiger partial charge < -0.3 is 14.7 Å². The summed E-state index contributed by atoms with van der Waals surface area (Å²) in [5, 5.41) is 12.7. The van der Waals surface area contributed by atoms with Crippen molar-refractivity contribution in [2.75, 3.05) is 6.54 Å². The van der Waals surface area contributed by atoms with Crippen molar-refractivity contribution in [2.24, 2.45) is 0 Å². The van der Waals surface area contributed by atoms with Gasteiger partial charge in [0.1, 0.15) is 12.1 Å². The molecule has 0 saturated heterocycles. The Labute approximate surface area is 173 Å². The van der Waals surface area contributed by atoms with Gasteiger partial charge in [0.2, 0.25) is 5.91 Å². The van der Waals surface area contributed by atoms with Gasteiger partial charge in [-0.2, -0.15) is 0 Å². The maximum absolute atomic E-state index is 13.0. The van der Waals surface area contributed by atoms with Crippen LogP contribution in [-0.4, -0.2) is 57.0 Å². The zero-order valence-electron chi connectivity index (χ0n) is 16.4. The molecule has 1 saturated carbocycles. The number of ether oxygens (including phenoxy) is 1. The highest BCUT2D eigenvalue weighted by Crippen LogP contribution is 2.29. The quantitative estimate of drug-likeness (QED) is 0.681. The Bertz CT molecular complexity index is 704. The van der Waals surface area contributed by atoms with Crippen LogP contribution in [-0.2, 0) is 9.53 Å². The predicted molar refractivity (Wildman–Crippen MR) is 108 cm³/mol. The first kappa shape index (κ1) is 22.4. The summed E-state index contributed by atoms with van der Waals surface area (Å²) in [6, 6.07) is 8.03. The van der Waals surface area contributed by atoms with Gasteiger partial charge in [0.15, 0.2) is 0 Å². The number of nitrogens with one attached hydrogen (secondary N) is 1. The molecule has 0 spiro atoms. The number of halogens is 1. The first-order valence-electron chi connectivity index (χ1n) is 9.29. The molecule has 0 bridgehead atoms. The van der Waals surface area contributed by atoms with Gasteiger partial charge in [-0.1, -0.05) is 40.5 Å². The van der Waals surface area contributed by atoms with Crippen molar-refractivity contribution < 1.29 is 24.2 Å². The Morgan fingerprint density at radius 1 is 1.21 bits per heavy atom. The van der Waals surface area contributed by atoms with Crippen molar-refractivity contribution in [2.45, 2.75) is 62.6 Å². The number of carbonyl (C=O) groups excluding carboxylic acids is 3. The molecular formula is C20H27BrN2O5. The molecule has 3 amide bonds. The predicted octanol–water partition coefficient (Wildman–Crippen LogP) is 2.86. The standard InChI is InChI=1S/C20H27BrN2O5/c1-20(2,3)28-19(27)22-16(24)12-23(15-11-7-10-14(21)17(15)25)18(26)13-8-5-4-6-9-13/h4-6,8-9,14-15,17,25H,7,10-12H2,1-3H3,(H,22,24,27)/t14-,15-,17+/m0/s1. The van der Waals surface area contributed by atoms with Gasteiger partial charge >= 0.3 is 6.09 Å². The molecule has 1 aromatic carbocycles. The van der Waals surface area contributed by atoms with Gasteiger partial charge in [0.05, 0.1) is 12.1 Å². The van der Waals surface area contributed by atoms with Crippen LogP contribution < -0.4 is 5.32 Å². The number of rotatable bonds is 4. The number of aliphatic hydroxyl groups is 1. The fraction of sp³-hybridized carbons (Fsp3) is 0.550. The third-order valence-corrected chi connectivity index (χ3v) is 5.38. The number of carbonyl (C=O) groups is 3. The zero-order chi connectivity index (χ0) is 20.9. The molecule has 7 nitrogen and oxygen atoms in total. The second-order valence-electron chi connectivity index (χ2n) is 7.85. The van der Waals surface area contributed by atoms with Crippen LogP contribution in [0.3, 0.4) is 0 Å². The SMILES string of the molecule is CC(C)(C)OC(=O)NC(=O)CN(C(=O)c1ccccc1)[C@H]1CCC[C@H](Br)[C@H]1O. The average molecular weight is 455 g/mol. The lowest BCUT2D eigenvalue weighted by Gasteiger charge is -2.39. The highest BCUT2D eigenvalue weighted by atomic mass is 79.9. The van der Waals surface area contributed by atoms with Crippen LogP contribution in [0.4, 0.5) is 4.79 Å². The topological polar surface area (TPSA) is 95.9 Å². The lowest BCUT2D eigenvalue weighted by Crippen LogP contribution is -2.55. The number of hydrogen-bond donors (Lipinski definition) is 2. The molecular weight excluding hydrogens is 428 g/mol. The minimum Gasteiger partial charge on any atom is -0.444 e. The van der Waals surface area contributed by atoms with Crippen LogP contribution in [0.5, 0.6) is 0 Å². The van der Waals surface area contributed by atoms with Crippen LogP contribution >= 0.6 is 15.9 Å². The number of aliphatic hydroxyl groups excluding tert-OH is 1. The van der Waals surface area contributed by atoms with Crippen LogP contribution in [0, 0.1) is 0 Å². The summed E-state index contributed by atoms with van der Waals surface area (Å²) in [5.41, 5.74) is -0.330. The number of alkyl carbamates (subject to hydrolysis) is 1. The number of benzene rings is 1. The summed E-state index contributed by atoms with van der Waals surface area (Å²) in [6.07, 6.45) is 0.489. The van der Waals surface area contributed by atoms with Crippen molar-refractivity contribution >= 4 is 33.8 Å². The van der Waals surface area contributed by atoms with Crippen molar-refractivity contribution in [1.29, 1.82) is 0 Å². The molecule has 8 heteroatoms.